The lowest BCUT2D eigenvalue weighted by molar-refractivity contribution is 0.122. The van der Waals surface area contributed by atoms with Crippen LogP contribution in [0.5, 0.6) is 0 Å². The quantitative estimate of drug-likeness (QED) is 0.546. The summed E-state index contributed by atoms with van der Waals surface area (Å²) in [6, 6.07) is 0. The highest BCUT2D eigenvalue weighted by atomic mass is 16.3. The van der Waals surface area contributed by atoms with Gasteiger partial charge >= 0.3 is 0 Å². The van der Waals surface area contributed by atoms with Crippen LogP contribution in [0, 0.1) is 0 Å². The maximum absolute atomic E-state index is 9.29. The maximum atomic E-state index is 9.29. The molecule has 0 bridgehead atoms. The van der Waals surface area contributed by atoms with Crippen LogP contribution >= 0.6 is 0 Å². The first-order valence-corrected chi connectivity index (χ1v) is 5.60. The molecule has 0 saturated heterocycles. The standard InChI is InChI=1S/C11H24O2/c1-2-3-4-5-6-7-8-11(13)9-10-12/h11-13H,2-10H2,1H3/t11-/m1/s1. The Bertz CT molecular complexity index is 94.1. The lowest BCUT2D eigenvalue weighted by Crippen LogP contribution is -2.08. The molecule has 80 valence electrons. The minimum absolute atomic E-state index is 0.108. The van der Waals surface area contributed by atoms with Gasteiger partial charge in [-0.1, -0.05) is 45.4 Å². The SMILES string of the molecule is CCCCCCCC[C@@H](O)CCO. The van der Waals surface area contributed by atoms with Gasteiger partial charge in [0.1, 0.15) is 0 Å². The Hall–Kier alpha value is -0.0800. The van der Waals surface area contributed by atoms with Crippen molar-refractivity contribution >= 4 is 0 Å². The van der Waals surface area contributed by atoms with Gasteiger partial charge in [0.25, 0.3) is 0 Å². The monoisotopic (exact) mass is 188 g/mol. The third-order valence-electron chi connectivity index (χ3n) is 2.35. The van der Waals surface area contributed by atoms with Crippen molar-refractivity contribution in [1.29, 1.82) is 0 Å². The molecule has 0 aliphatic heterocycles. The summed E-state index contributed by atoms with van der Waals surface area (Å²) in [5.41, 5.74) is 0. The summed E-state index contributed by atoms with van der Waals surface area (Å²) in [4.78, 5) is 0. The molecule has 0 spiro atoms. The van der Waals surface area contributed by atoms with Crippen molar-refractivity contribution in [3.05, 3.63) is 0 Å². The molecule has 0 aromatic rings. The second-order valence-corrected chi connectivity index (χ2v) is 3.72. The van der Waals surface area contributed by atoms with E-state index in [4.69, 9.17) is 5.11 Å². The highest BCUT2D eigenvalue weighted by molar-refractivity contribution is 4.55. The third-order valence-corrected chi connectivity index (χ3v) is 2.35. The summed E-state index contributed by atoms with van der Waals surface area (Å²) < 4.78 is 0. The summed E-state index contributed by atoms with van der Waals surface area (Å²) in [6.07, 6.45) is 8.67. The molecule has 0 fully saturated rings. The highest BCUT2D eigenvalue weighted by Crippen LogP contribution is 2.09. The number of unbranched alkanes of at least 4 members (excludes halogenated alkanes) is 5. The van der Waals surface area contributed by atoms with E-state index in [1.807, 2.05) is 0 Å². The molecule has 0 unspecified atom stereocenters. The summed E-state index contributed by atoms with van der Waals surface area (Å²) in [7, 11) is 0. The van der Waals surface area contributed by atoms with Gasteiger partial charge in [-0.2, -0.15) is 0 Å². The van der Waals surface area contributed by atoms with Crippen LogP contribution in [0.15, 0.2) is 0 Å². The average Bonchev–Trinajstić information content (AvgIpc) is 2.11. The van der Waals surface area contributed by atoms with Gasteiger partial charge in [0.15, 0.2) is 0 Å². The van der Waals surface area contributed by atoms with Gasteiger partial charge in [-0.25, -0.2) is 0 Å². The second kappa shape index (κ2) is 10.0. The first-order valence-electron chi connectivity index (χ1n) is 5.60. The average molecular weight is 188 g/mol. The van der Waals surface area contributed by atoms with Crippen molar-refractivity contribution < 1.29 is 10.2 Å². The van der Waals surface area contributed by atoms with Crippen LogP contribution in [0.1, 0.15) is 58.3 Å². The zero-order valence-electron chi connectivity index (χ0n) is 8.84. The fraction of sp³-hybridized carbons (Fsp3) is 1.00. The van der Waals surface area contributed by atoms with Crippen molar-refractivity contribution in [2.45, 2.75) is 64.4 Å². The fourth-order valence-electron chi connectivity index (χ4n) is 1.45. The first kappa shape index (κ1) is 12.9. The van der Waals surface area contributed by atoms with Crippen molar-refractivity contribution in [1.82, 2.24) is 0 Å². The van der Waals surface area contributed by atoms with Gasteiger partial charge in [-0.3, -0.25) is 0 Å². The first-order chi connectivity index (χ1) is 6.31. The van der Waals surface area contributed by atoms with Gasteiger partial charge in [-0.05, 0) is 12.8 Å². The number of aliphatic hydroxyl groups is 2. The minimum Gasteiger partial charge on any atom is -0.396 e. The number of rotatable bonds is 9. The van der Waals surface area contributed by atoms with Crippen molar-refractivity contribution in [3.8, 4) is 0 Å². The largest absolute Gasteiger partial charge is 0.396 e. The van der Waals surface area contributed by atoms with Crippen LogP contribution in [-0.2, 0) is 0 Å². The molecule has 0 rings (SSSR count). The number of hydrogen-bond donors (Lipinski definition) is 2. The van der Waals surface area contributed by atoms with Gasteiger partial charge in [0.05, 0.1) is 6.10 Å². The van der Waals surface area contributed by atoms with E-state index in [0.717, 1.165) is 12.8 Å². The van der Waals surface area contributed by atoms with Crippen LogP contribution in [0.3, 0.4) is 0 Å². The van der Waals surface area contributed by atoms with E-state index in [1.165, 1.54) is 32.1 Å². The Labute approximate surface area is 82.0 Å². The van der Waals surface area contributed by atoms with Crippen LogP contribution < -0.4 is 0 Å². The molecule has 2 nitrogen and oxygen atoms in total. The predicted octanol–water partition coefficient (Wildman–Crippen LogP) is 2.48. The van der Waals surface area contributed by atoms with E-state index in [-0.39, 0.29) is 12.7 Å². The predicted molar refractivity (Wildman–Crippen MR) is 55.7 cm³/mol. The van der Waals surface area contributed by atoms with Gasteiger partial charge in [0, 0.05) is 6.61 Å². The van der Waals surface area contributed by atoms with E-state index in [0.29, 0.717) is 6.42 Å². The number of hydrogen-bond acceptors (Lipinski definition) is 2. The molecule has 2 heteroatoms. The summed E-state index contributed by atoms with van der Waals surface area (Å²) >= 11 is 0. The van der Waals surface area contributed by atoms with E-state index in [2.05, 4.69) is 6.92 Å². The van der Waals surface area contributed by atoms with Crippen molar-refractivity contribution in [2.75, 3.05) is 6.61 Å². The molecule has 0 heterocycles. The van der Waals surface area contributed by atoms with Crippen LogP contribution in [-0.4, -0.2) is 22.9 Å². The molecular weight excluding hydrogens is 164 g/mol. The van der Waals surface area contributed by atoms with Gasteiger partial charge < -0.3 is 10.2 Å². The van der Waals surface area contributed by atoms with Crippen LogP contribution in [0.4, 0.5) is 0 Å². The molecule has 2 N–H and O–H groups in total. The summed E-state index contributed by atoms with van der Waals surface area (Å²) in [5, 5.41) is 17.8. The van der Waals surface area contributed by atoms with Crippen molar-refractivity contribution in [3.63, 3.8) is 0 Å². The Morgan fingerprint density at radius 2 is 1.54 bits per heavy atom. The Kier molecular flexibility index (Phi) is 9.94. The lowest BCUT2D eigenvalue weighted by atomic mass is 10.1. The van der Waals surface area contributed by atoms with Crippen molar-refractivity contribution in [2.24, 2.45) is 0 Å². The maximum Gasteiger partial charge on any atom is 0.0562 e. The summed E-state index contributed by atoms with van der Waals surface area (Å²) in [6.45, 7) is 2.32. The van der Waals surface area contributed by atoms with Gasteiger partial charge in [-0.15, -0.1) is 0 Å². The van der Waals surface area contributed by atoms with E-state index in [1.54, 1.807) is 0 Å². The smallest absolute Gasteiger partial charge is 0.0562 e. The van der Waals surface area contributed by atoms with Crippen LogP contribution in [0.25, 0.3) is 0 Å². The second-order valence-electron chi connectivity index (χ2n) is 3.72. The molecule has 0 radical (unpaired) electrons. The third kappa shape index (κ3) is 9.84. The summed E-state index contributed by atoms with van der Waals surface area (Å²) in [5.74, 6) is 0. The van der Waals surface area contributed by atoms with Gasteiger partial charge in [0.2, 0.25) is 0 Å². The molecule has 0 aromatic heterocycles. The van der Waals surface area contributed by atoms with E-state index >= 15 is 0 Å². The zero-order chi connectivity index (χ0) is 9.94. The zero-order valence-corrected chi connectivity index (χ0v) is 8.84. The normalized spacial score (nSPS) is 13.2. The Balaban J connectivity index is 2.97. The Morgan fingerprint density at radius 3 is 2.15 bits per heavy atom. The molecule has 0 aromatic carbocycles. The molecule has 13 heavy (non-hydrogen) atoms. The molecule has 0 aliphatic carbocycles. The van der Waals surface area contributed by atoms with E-state index < -0.39 is 0 Å². The van der Waals surface area contributed by atoms with E-state index in [9.17, 15) is 5.11 Å². The minimum atomic E-state index is -0.281. The molecule has 1 atom stereocenters. The molecular formula is C11H24O2. The fourth-order valence-corrected chi connectivity index (χ4v) is 1.45. The lowest BCUT2D eigenvalue weighted by Gasteiger charge is -2.07. The Morgan fingerprint density at radius 1 is 0.923 bits per heavy atom. The van der Waals surface area contributed by atoms with Crippen LogP contribution in [0.2, 0.25) is 0 Å². The molecule has 0 amide bonds. The topological polar surface area (TPSA) is 40.5 Å². The molecule has 0 aliphatic rings. The highest BCUT2D eigenvalue weighted by Gasteiger charge is 2.01. The molecule has 0 saturated carbocycles. The number of aliphatic hydroxyl groups excluding tert-OH is 2.